The van der Waals surface area contributed by atoms with E-state index in [4.69, 9.17) is 9.47 Å². The van der Waals surface area contributed by atoms with Crippen LogP contribution >= 0.6 is 0 Å². The Morgan fingerprint density at radius 2 is 1.90 bits per heavy atom. The molecule has 21 heavy (non-hydrogen) atoms. The van der Waals surface area contributed by atoms with Crippen molar-refractivity contribution < 1.29 is 14.3 Å². The third-order valence-electron chi connectivity index (χ3n) is 4.09. The lowest BCUT2D eigenvalue weighted by atomic mass is 9.95. The standard InChI is InChI=1S/C16H24N2O3/c1-18(12-7-5-4-6-8-12)16(19)17-14-11-13(20-2)9-10-15(14)21-3/h9-12H,4-8H2,1-3H3,(H,17,19). The van der Waals surface area contributed by atoms with Crippen molar-refractivity contribution in [1.29, 1.82) is 0 Å². The topological polar surface area (TPSA) is 50.8 Å². The van der Waals surface area contributed by atoms with Gasteiger partial charge in [0.25, 0.3) is 0 Å². The normalized spacial score (nSPS) is 15.4. The Morgan fingerprint density at radius 1 is 1.19 bits per heavy atom. The number of benzene rings is 1. The van der Waals surface area contributed by atoms with Gasteiger partial charge in [0, 0.05) is 19.2 Å². The molecule has 0 heterocycles. The lowest BCUT2D eigenvalue weighted by Crippen LogP contribution is -2.40. The summed E-state index contributed by atoms with van der Waals surface area (Å²) in [6.07, 6.45) is 5.84. The molecule has 0 radical (unpaired) electrons. The number of methoxy groups -OCH3 is 2. The first kappa shape index (κ1) is 15.5. The van der Waals surface area contributed by atoms with Gasteiger partial charge in [0.05, 0.1) is 19.9 Å². The molecule has 0 aliphatic heterocycles. The van der Waals surface area contributed by atoms with E-state index in [9.17, 15) is 4.79 Å². The summed E-state index contributed by atoms with van der Waals surface area (Å²) in [5.74, 6) is 1.31. The molecule has 1 aliphatic carbocycles. The molecule has 1 aromatic carbocycles. The van der Waals surface area contributed by atoms with Crippen LogP contribution in [0.3, 0.4) is 0 Å². The van der Waals surface area contributed by atoms with Crippen LogP contribution in [0.4, 0.5) is 10.5 Å². The average Bonchev–Trinajstić information content (AvgIpc) is 2.54. The minimum atomic E-state index is -0.103. The molecular weight excluding hydrogens is 268 g/mol. The fourth-order valence-electron chi connectivity index (χ4n) is 2.75. The zero-order valence-electron chi connectivity index (χ0n) is 13.0. The molecule has 1 saturated carbocycles. The van der Waals surface area contributed by atoms with E-state index in [0.717, 1.165) is 12.8 Å². The van der Waals surface area contributed by atoms with E-state index in [1.165, 1.54) is 19.3 Å². The predicted molar refractivity (Wildman–Crippen MR) is 83.2 cm³/mol. The fraction of sp³-hybridized carbons (Fsp3) is 0.562. The summed E-state index contributed by atoms with van der Waals surface area (Å²) >= 11 is 0. The molecule has 5 heteroatoms. The van der Waals surface area contributed by atoms with E-state index in [2.05, 4.69) is 5.32 Å². The molecule has 2 rings (SSSR count). The summed E-state index contributed by atoms with van der Waals surface area (Å²) in [5.41, 5.74) is 0.629. The number of urea groups is 1. The molecular formula is C16H24N2O3. The quantitative estimate of drug-likeness (QED) is 0.924. The number of hydrogen-bond donors (Lipinski definition) is 1. The van der Waals surface area contributed by atoms with Gasteiger partial charge in [-0.05, 0) is 25.0 Å². The van der Waals surface area contributed by atoms with E-state index in [1.54, 1.807) is 37.3 Å². The van der Waals surface area contributed by atoms with Gasteiger partial charge in [-0.1, -0.05) is 19.3 Å². The maximum absolute atomic E-state index is 12.4. The van der Waals surface area contributed by atoms with Crippen LogP contribution in [0.25, 0.3) is 0 Å². The molecule has 2 amide bonds. The Bertz CT molecular complexity index is 484. The molecule has 0 aromatic heterocycles. The number of carbonyl (C=O) groups is 1. The van der Waals surface area contributed by atoms with Crippen molar-refractivity contribution in [2.75, 3.05) is 26.6 Å². The minimum absolute atomic E-state index is 0.103. The Balaban J connectivity index is 2.07. The van der Waals surface area contributed by atoms with Crippen molar-refractivity contribution >= 4 is 11.7 Å². The van der Waals surface area contributed by atoms with Crippen LogP contribution in [0, 0.1) is 0 Å². The number of nitrogens with one attached hydrogen (secondary N) is 1. The van der Waals surface area contributed by atoms with Crippen LogP contribution in [0.1, 0.15) is 32.1 Å². The van der Waals surface area contributed by atoms with Gasteiger partial charge in [-0.15, -0.1) is 0 Å². The van der Waals surface area contributed by atoms with Gasteiger partial charge in [0.15, 0.2) is 0 Å². The molecule has 0 unspecified atom stereocenters. The van der Waals surface area contributed by atoms with Crippen molar-refractivity contribution in [2.45, 2.75) is 38.1 Å². The Hall–Kier alpha value is -1.91. The molecule has 1 N–H and O–H groups in total. The van der Waals surface area contributed by atoms with Gasteiger partial charge >= 0.3 is 6.03 Å². The van der Waals surface area contributed by atoms with E-state index < -0.39 is 0 Å². The van der Waals surface area contributed by atoms with Crippen LogP contribution in [0.5, 0.6) is 11.5 Å². The molecule has 0 atom stereocenters. The van der Waals surface area contributed by atoms with E-state index in [0.29, 0.717) is 23.2 Å². The Kier molecular flexibility index (Phi) is 5.31. The second kappa shape index (κ2) is 7.20. The third-order valence-corrected chi connectivity index (χ3v) is 4.09. The largest absolute Gasteiger partial charge is 0.497 e. The van der Waals surface area contributed by atoms with Gasteiger partial charge in [-0.25, -0.2) is 4.79 Å². The molecule has 0 spiro atoms. The van der Waals surface area contributed by atoms with Gasteiger partial charge in [0.1, 0.15) is 11.5 Å². The zero-order valence-corrected chi connectivity index (χ0v) is 13.0. The number of ether oxygens (including phenoxy) is 2. The van der Waals surface area contributed by atoms with E-state index in [1.807, 2.05) is 7.05 Å². The first-order valence-corrected chi connectivity index (χ1v) is 7.41. The van der Waals surface area contributed by atoms with Crippen molar-refractivity contribution in [3.05, 3.63) is 18.2 Å². The van der Waals surface area contributed by atoms with Gasteiger partial charge in [0.2, 0.25) is 0 Å². The zero-order chi connectivity index (χ0) is 15.2. The minimum Gasteiger partial charge on any atom is -0.497 e. The number of nitrogens with zero attached hydrogens (tertiary/aromatic N) is 1. The fourth-order valence-corrected chi connectivity index (χ4v) is 2.75. The summed E-state index contributed by atoms with van der Waals surface area (Å²) < 4.78 is 10.5. The monoisotopic (exact) mass is 292 g/mol. The van der Waals surface area contributed by atoms with Gasteiger partial charge < -0.3 is 19.7 Å². The molecule has 1 aromatic rings. The van der Waals surface area contributed by atoms with Crippen molar-refractivity contribution in [2.24, 2.45) is 0 Å². The molecule has 1 aliphatic rings. The van der Waals surface area contributed by atoms with Crippen molar-refractivity contribution in [3.63, 3.8) is 0 Å². The maximum atomic E-state index is 12.4. The van der Waals surface area contributed by atoms with Crippen LogP contribution in [-0.4, -0.2) is 38.2 Å². The first-order chi connectivity index (χ1) is 10.2. The van der Waals surface area contributed by atoms with Gasteiger partial charge in [-0.3, -0.25) is 0 Å². The highest BCUT2D eigenvalue weighted by molar-refractivity contribution is 5.91. The van der Waals surface area contributed by atoms with E-state index >= 15 is 0 Å². The summed E-state index contributed by atoms with van der Waals surface area (Å²) in [6, 6.07) is 5.59. The second-order valence-electron chi connectivity index (χ2n) is 5.40. The number of hydrogen-bond acceptors (Lipinski definition) is 3. The van der Waals surface area contributed by atoms with Crippen LogP contribution in [-0.2, 0) is 0 Å². The van der Waals surface area contributed by atoms with E-state index in [-0.39, 0.29) is 6.03 Å². The predicted octanol–water partition coefficient (Wildman–Crippen LogP) is 3.50. The number of anilines is 1. The lowest BCUT2D eigenvalue weighted by molar-refractivity contribution is 0.186. The SMILES string of the molecule is COc1ccc(OC)c(NC(=O)N(C)C2CCCCC2)c1. The molecule has 116 valence electrons. The van der Waals surface area contributed by atoms with Crippen LogP contribution < -0.4 is 14.8 Å². The van der Waals surface area contributed by atoms with Crippen LogP contribution in [0.15, 0.2) is 18.2 Å². The van der Waals surface area contributed by atoms with Gasteiger partial charge in [-0.2, -0.15) is 0 Å². The van der Waals surface area contributed by atoms with Crippen molar-refractivity contribution in [1.82, 2.24) is 4.90 Å². The van der Waals surface area contributed by atoms with Crippen molar-refractivity contribution in [3.8, 4) is 11.5 Å². The lowest BCUT2D eigenvalue weighted by Gasteiger charge is -2.31. The maximum Gasteiger partial charge on any atom is 0.321 e. The molecule has 0 saturated heterocycles. The second-order valence-corrected chi connectivity index (χ2v) is 5.40. The number of carbonyl (C=O) groups excluding carboxylic acids is 1. The third kappa shape index (κ3) is 3.80. The Labute approximate surface area is 126 Å². The number of rotatable bonds is 4. The average molecular weight is 292 g/mol. The van der Waals surface area contributed by atoms with Crippen LogP contribution in [0.2, 0.25) is 0 Å². The first-order valence-electron chi connectivity index (χ1n) is 7.41. The molecule has 0 bridgehead atoms. The summed E-state index contributed by atoms with van der Waals surface area (Å²) in [7, 11) is 5.04. The molecule has 1 fully saturated rings. The number of amides is 2. The highest BCUT2D eigenvalue weighted by atomic mass is 16.5. The highest BCUT2D eigenvalue weighted by Crippen LogP contribution is 2.29. The summed E-state index contributed by atoms with van der Waals surface area (Å²) in [5, 5.41) is 2.92. The molecule has 5 nitrogen and oxygen atoms in total. The smallest absolute Gasteiger partial charge is 0.321 e. The highest BCUT2D eigenvalue weighted by Gasteiger charge is 2.22. The summed E-state index contributed by atoms with van der Waals surface area (Å²) in [4.78, 5) is 14.2. The summed E-state index contributed by atoms with van der Waals surface area (Å²) in [6.45, 7) is 0. The Morgan fingerprint density at radius 3 is 2.52 bits per heavy atom.